The summed E-state index contributed by atoms with van der Waals surface area (Å²) in [5.41, 5.74) is 6.57. The molecule has 1 heterocycles. The summed E-state index contributed by atoms with van der Waals surface area (Å²) in [6, 6.07) is 4.54. The molecule has 1 aromatic carbocycles. The summed E-state index contributed by atoms with van der Waals surface area (Å²) in [7, 11) is 0. The van der Waals surface area contributed by atoms with E-state index in [-0.39, 0.29) is 5.41 Å². The first-order valence-corrected chi connectivity index (χ1v) is 8.18. The lowest BCUT2D eigenvalue weighted by atomic mass is 9.57. The van der Waals surface area contributed by atoms with Crippen molar-refractivity contribution in [3.05, 3.63) is 53.1 Å². The molecule has 1 saturated carbocycles. The Balaban J connectivity index is 1.77. The van der Waals surface area contributed by atoms with Crippen LogP contribution >= 0.6 is 0 Å². The summed E-state index contributed by atoms with van der Waals surface area (Å²) in [6.07, 6.45) is 7.48. The largest absolute Gasteiger partial charge is 0.411 e. The highest BCUT2D eigenvalue weighted by molar-refractivity contribution is 5.87. The maximum atomic E-state index is 9.40. The summed E-state index contributed by atoms with van der Waals surface area (Å²) in [6.45, 7) is 9.52. The van der Waals surface area contributed by atoms with Crippen molar-refractivity contribution < 1.29 is 5.21 Å². The number of rotatable bonds is 4. The molecule has 3 rings (SSSR count). The number of imidazole rings is 1. The Morgan fingerprint density at radius 1 is 1.30 bits per heavy atom. The molecule has 4 heteroatoms. The molecule has 0 amide bonds. The first-order valence-electron chi connectivity index (χ1n) is 8.18. The zero-order valence-electron chi connectivity index (χ0n) is 14.4. The van der Waals surface area contributed by atoms with Crippen molar-refractivity contribution >= 4 is 5.71 Å². The van der Waals surface area contributed by atoms with Crippen LogP contribution in [0.25, 0.3) is 0 Å². The Morgan fingerprint density at radius 3 is 2.48 bits per heavy atom. The van der Waals surface area contributed by atoms with Crippen molar-refractivity contribution in [2.45, 2.75) is 52.5 Å². The Labute approximate surface area is 137 Å². The molecule has 0 aliphatic heterocycles. The molecule has 1 aliphatic carbocycles. The van der Waals surface area contributed by atoms with E-state index in [9.17, 15) is 5.21 Å². The van der Waals surface area contributed by atoms with Crippen LogP contribution in [0.5, 0.6) is 0 Å². The smallest absolute Gasteiger partial charge is 0.0949 e. The minimum atomic E-state index is 0.178. The normalized spacial score (nSPS) is 24.5. The fourth-order valence-corrected chi connectivity index (χ4v) is 4.41. The molecule has 0 saturated heterocycles. The van der Waals surface area contributed by atoms with Crippen LogP contribution in [0.4, 0.5) is 0 Å². The van der Waals surface area contributed by atoms with Gasteiger partial charge in [0.25, 0.3) is 0 Å². The average Bonchev–Trinajstić information content (AvgIpc) is 2.93. The van der Waals surface area contributed by atoms with Crippen LogP contribution in [-0.2, 0) is 12.0 Å². The third-order valence-corrected chi connectivity index (χ3v) is 5.18. The van der Waals surface area contributed by atoms with Crippen LogP contribution in [0, 0.1) is 26.7 Å². The van der Waals surface area contributed by atoms with Crippen LogP contribution in [0.2, 0.25) is 0 Å². The molecule has 1 aliphatic rings. The number of aromatic nitrogens is 2. The highest BCUT2D eigenvalue weighted by atomic mass is 16.4. The van der Waals surface area contributed by atoms with Gasteiger partial charge in [-0.1, -0.05) is 29.8 Å². The van der Waals surface area contributed by atoms with Crippen molar-refractivity contribution in [3.8, 4) is 0 Å². The predicted molar refractivity (Wildman–Crippen MR) is 92.2 cm³/mol. The van der Waals surface area contributed by atoms with Gasteiger partial charge in [0.2, 0.25) is 0 Å². The third kappa shape index (κ3) is 2.90. The molecule has 122 valence electrons. The van der Waals surface area contributed by atoms with E-state index in [0.29, 0.717) is 12.5 Å². The van der Waals surface area contributed by atoms with Gasteiger partial charge in [-0.2, -0.15) is 0 Å². The summed E-state index contributed by atoms with van der Waals surface area (Å²) in [5.74, 6) is 0.340. The zero-order chi connectivity index (χ0) is 16.6. The van der Waals surface area contributed by atoms with E-state index in [1.807, 2.05) is 10.8 Å². The Morgan fingerprint density at radius 2 is 1.96 bits per heavy atom. The minimum absolute atomic E-state index is 0.178. The van der Waals surface area contributed by atoms with Gasteiger partial charge in [-0.25, -0.2) is 4.98 Å². The van der Waals surface area contributed by atoms with Crippen molar-refractivity contribution in [2.24, 2.45) is 11.1 Å². The summed E-state index contributed by atoms with van der Waals surface area (Å²) in [5, 5.41) is 13.0. The molecule has 1 aromatic heterocycles. The SMILES string of the molecule is Cc1cc(C)c(C2(C)CC(/C(Cn3ccnc3)=N/O)C2)c(C)c1. The second-order valence-electron chi connectivity index (χ2n) is 7.27. The molecule has 0 spiro atoms. The van der Waals surface area contributed by atoms with Crippen LogP contribution in [0.1, 0.15) is 42.0 Å². The van der Waals surface area contributed by atoms with Crippen LogP contribution in [0.3, 0.4) is 0 Å². The van der Waals surface area contributed by atoms with Gasteiger partial charge in [0.15, 0.2) is 0 Å². The van der Waals surface area contributed by atoms with E-state index in [2.05, 4.69) is 50.0 Å². The molecule has 1 N–H and O–H groups in total. The third-order valence-electron chi connectivity index (χ3n) is 5.18. The van der Waals surface area contributed by atoms with Crippen molar-refractivity contribution in [1.82, 2.24) is 9.55 Å². The maximum Gasteiger partial charge on any atom is 0.0949 e. The molecule has 1 fully saturated rings. The number of oxime groups is 1. The summed E-state index contributed by atoms with van der Waals surface area (Å²) < 4.78 is 1.95. The molecule has 0 atom stereocenters. The maximum absolute atomic E-state index is 9.40. The van der Waals surface area contributed by atoms with Gasteiger partial charge in [0.05, 0.1) is 18.6 Å². The standard InChI is InChI=1S/C19H25N3O/c1-13-7-14(2)18(15(3)8-13)19(4)9-16(10-19)17(21-23)11-22-6-5-20-12-22/h5-8,12,16,23H,9-11H2,1-4H3/b21-17+. The van der Waals surface area contributed by atoms with Gasteiger partial charge < -0.3 is 9.77 Å². The van der Waals surface area contributed by atoms with Crippen molar-refractivity contribution in [3.63, 3.8) is 0 Å². The highest BCUT2D eigenvalue weighted by Crippen LogP contribution is 2.50. The number of hydrogen-bond donors (Lipinski definition) is 1. The first kappa shape index (κ1) is 15.8. The molecular formula is C19H25N3O. The average molecular weight is 311 g/mol. The van der Waals surface area contributed by atoms with Crippen LogP contribution in [-0.4, -0.2) is 20.5 Å². The summed E-state index contributed by atoms with van der Waals surface area (Å²) >= 11 is 0. The van der Waals surface area contributed by atoms with E-state index in [0.717, 1.165) is 18.6 Å². The van der Waals surface area contributed by atoms with Crippen molar-refractivity contribution in [2.75, 3.05) is 0 Å². The van der Waals surface area contributed by atoms with Crippen molar-refractivity contribution in [1.29, 1.82) is 0 Å². The molecular weight excluding hydrogens is 286 g/mol. The number of nitrogens with zero attached hydrogens (tertiary/aromatic N) is 3. The second kappa shape index (κ2) is 5.84. The highest BCUT2D eigenvalue weighted by Gasteiger charge is 2.45. The lowest BCUT2D eigenvalue weighted by Gasteiger charge is -2.47. The van der Waals surface area contributed by atoms with Gasteiger partial charge in [0.1, 0.15) is 0 Å². The van der Waals surface area contributed by atoms with E-state index < -0.39 is 0 Å². The number of hydrogen-bond acceptors (Lipinski definition) is 3. The Kier molecular flexibility index (Phi) is 4.00. The van der Waals surface area contributed by atoms with E-state index in [4.69, 9.17) is 0 Å². The van der Waals surface area contributed by atoms with Gasteiger partial charge in [0, 0.05) is 18.3 Å². The molecule has 23 heavy (non-hydrogen) atoms. The van der Waals surface area contributed by atoms with E-state index in [1.165, 1.54) is 22.3 Å². The van der Waals surface area contributed by atoms with E-state index >= 15 is 0 Å². The van der Waals surface area contributed by atoms with Crippen LogP contribution in [0.15, 0.2) is 36.0 Å². The first-order chi connectivity index (χ1) is 10.9. The molecule has 0 unspecified atom stereocenters. The predicted octanol–water partition coefficient (Wildman–Crippen LogP) is 4.01. The van der Waals surface area contributed by atoms with Gasteiger partial charge in [-0.15, -0.1) is 0 Å². The molecule has 2 aromatic rings. The number of aryl methyl sites for hydroxylation is 3. The van der Waals surface area contributed by atoms with Gasteiger partial charge in [-0.05, 0) is 55.7 Å². The Hall–Kier alpha value is -2.10. The lowest BCUT2D eigenvalue weighted by Crippen LogP contribution is -2.44. The summed E-state index contributed by atoms with van der Waals surface area (Å²) in [4.78, 5) is 4.05. The quantitative estimate of drug-likeness (QED) is 0.527. The fourth-order valence-electron chi connectivity index (χ4n) is 4.41. The zero-order valence-corrected chi connectivity index (χ0v) is 14.4. The topological polar surface area (TPSA) is 50.4 Å². The second-order valence-corrected chi connectivity index (χ2v) is 7.27. The Bertz CT molecular complexity index is 702. The van der Waals surface area contributed by atoms with E-state index in [1.54, 1.807) is 12.5 Å². The van der Waals surface area contributed by atoms with Gasteiger partial charge in [-0.3, -0.25) is 0 Å². The molecule has 0 bridgehead atoms. The van der Waals surface area contributed by atoms with Gasteiger partial charge >= 0.3 is 0 Å². The minimum Gasteiger partial charge on any atom is -0.411 e. The fraction of sp³-hybridized carbons (Fsp3) is 0.474. The monoisotopic (exact) mass is 311 g/mol. The molecule has 0 radical (unpaired) electrons. The number of benzene rings is 1. The lowest BCUT2D eigenvalue weighted by molar-refractivity contribution is 0.205. The van der Waals surface area contributed by atoms with Crippen LogP contribution < -0.4 is 0 Å². The molecule has 4 nitrogen and oxygen atoms in total.